The molecule has 1 aromatic heterocycles. The molecule has 1 aliphatic rings. The molecule has 3 heteroatoms. The Balaban J connectivity index is 2.17. The van der Waals surface area contributed by atoms with Gasteiger partial charge in [-0.2, -0.15) is 0 Å². The lowest BCUT2D eigenvalue weighted by Crippen LogP contribution is -2.34. The summed E-state index contributed by atoms with van der Waals surface area (Å²) in [5.41, 5.74) is 0.315. The van der Waals surface area contributed by atoms with Crippen molar-refractivity contribution in [3.05, 3.63) is 30.1 Å². The Kier molecular flexibility index (Phi) is 4.34. The van der Waals surface area contributed by atoms with Crippen LogP contribution < -0.4 is 0 Å². The highest BCUT2D eigenvalue weighted by atomic mass is 16.4. The highest BCUT2D eigenvalue weighted by Gasteiger charge is 2.38. The van der Waals surface area contributed by atoms with Gasteiger partial charge in [-0.15, -0.1) is 0 Å². The van der Waals surface area contributed by atoms with Crippen LogP contribution in [0.3, 0.4) is 0 Å². The third kappa shape index (κ3) is 3.09. The summed E-state index contributed by atoms with van der Waals surface area (Å²) in [7, 11) is 0. The fourth-order valence-electron chi connectivity index (χ4n) is 2.90. The Morgan fingerprint density at radius 3 is 2.39 bits per heavy atom. The molecule has 0 spiro atoms. The standard InChI is InChI=1S/C15H21NO2/c17-14(18)15(9-5-2-1-3-6-10-15)12-13-8-4-7-11-16-13/h4,7-8,11H,1-3,5-6,9-10,12H2,(H,17,18). The van der Waals surface area contributed by atoms with Crippen molar-refractivity contribution in [1.82, 2.24) is 4.98 Å². The van der Waals surface area contributed by atoms with Gasteiger partial charge in [0, 0.05) is 18.3 Å². The monoisotopic (exact) mass is 247 g/mol. The minimum absolute atomic E-state index is 0.573. The molecule has 1 saturated carbocycles. The van der Waals surface area contributed by atoms with Gasteiger partial charge in [0.25, 0.3) is 0 Å². The molecule has 0 aliphatic heterocycles. The minimum atomic E-state index is -0.643. The summed E-state index contributed by atoms with van der Waals surface area (Å²) in [6.45, 7) is 0. The number of carboxylic acids is 1. The Labute approximate surface area is 108 Å². The van der Waals surface area contributed by atoms with Gasteiger partial charge in [-0.05, 0) is 25.0 Å². The molecule has 0 unspecified atom stereocenters. The molecule has 98 valence electrons. The predicted octanol–water partition coefficient (Wildman–Crippen LogP) is 3.44. The van der Waals surface area contributed by atoms with Gasteiger partial charge in [0.15, 0.2) is 0 Å². The van der Waals surface area contributed by atoms with Crippen molar-refractivity contribution in [3.8, 4) is 0 Å². The molecule has 1 N–H and O–H groups in total. The molecule has 1 aliphatic carbocycles. The van der Waals surface area contributed by atoms with Crippen LogP contribution in [0.2, 0.25) is 0 Å². The normalized spacial score (nSPS) is 19.8. The Bertz CT molecular complexity index is 381. The van der Waals surface area contributed by atoms with Crippen LogP contribution in [0.25, 0.3) is 0 Å². The average molecular weight is 247 g/mol. The highest BCUT2D eigenvalue weighted by Crippen LogP contribution is 2.37. The van der Waals surface area contributed by atoms with Crippen molar-refractivity contribution in [2.24, 2.45) is 5.41 Å². The van der Waals surface area contributed by atoms with E-state index in [4.69, 9.17) is 0 Å². The molecule has 0 aromatic carbocycles. The lowest BCUT2D eigenvalue weighted by molar-refractivity contribution is -0.150. The van der Waals surface area contributed by atoms with Gasteiger partial charge < -0.3 is 5.11 Å². The maximum atomic E-state index is 11.7. The van der Waals surface area contributed by atoms with Gasteiger partial charge in [0.05, 0.1) is 5.41 Å². The van der Waals surface area contributed by atoms with Gasteiger partial charge in [-0.25, -0.2) is 0 Å². The first-order valence-corrected chi connectivity index (χ1v) is 6.86. The topological polar surface area (TPSA) is 50.2 Å². The zero-order valence-corrected chi connectivity index (χ0v) is 10.8. The van der Waals surface area contributed by atoms with E-state index in [1.807, 2.05) is 18.2 Å². The molecule has 0 radical (unpaired) electrons. The van der Waals surface area contributed by atoms with E-state index < -0.39 is 11.4 Å². The number of aromatic nitrogens is 1. The summed E-state index contributed by atoms with van der Waals surface area (Å²) in [6, 6.07) is 5.74. The molecule has 1 aromatic rings. The average Bonchev–Trinajstić information content (AvgIpc) is 2.34. The van der Waals surface area contributed by atoms with E-state index in [0.29, 0.717) is 6.42 Å². The SMILES string of the molecule is O=C(O)C1(Cc2ccccn2)CCCCCCC1. The lowest BCUT2D eigenvalue weighted by Gasteiger charge is -2.31. The predicted molar refractivity (Wildman–Crippen MR) is 70.3 cm³/mol. The second kappa shape index (κ2) is 5.98. The Hall–Kier alpha value is -1.38. The summed E-state index contributed by atoms with van der Waals surface area (Å²) < 4.78 is 0. The molecule has 0 atom stereocenters. The molecule has 1 fully saturated rings. The maximum absolute atomic E-state index is 11.7. The molecule has 18 heavy (non-hydrogen) atoms. The molecule has 0 saturated heterocycles. The molecular formula is C15H21NO2. The number of hydrogen-bond donors (Lipinski definition) is 1. The molecular weight excluding hydrogens is 226 g/mol. The number of rotatable bonds is 3. The number of carbonyl (C=O) groups is 1. The molecule has 2 rings (SSSR count). The zero-order valence-electron chi connectivity index (χ0n) is 10.8. The van der Waals surface area contributed by atoms with Crippen molar-refractivity contribution in [3.63, 3.8) is 0 Å². The molecule has 3 nitrogen and oxygen atoms in total. The van der Waals surface area contributed by atoms with Crippen molar-refractivity contribution >= 4 is 5.97 Å². The van der Waals surface area contributed by atoms with Crippen LogP contribution >= 0.6 is 0 Å². The van der Waals surface area contributed by atoms with E-state index in [0.717, 1.165) is 44.2 Å². The van der Waals surface area contributed by atoms with Crippen LogP contribution in [-0.2, 0) is 11.2 Å². The summed E-state index contributed by atoms with van der Waals surface area (Å²) in [4.78, 5) is 16.0. The van der Waals surface area contributed by atoms with Crippen LogP contribution in [0, 0.1) is 5.41 Å². The van der Waals surface area contributed by atoms with Crippen LogP contribution in [0.4, 0.5) is 0 Å². The van der Waals surface area contributed by atoms with Crippen LogP contribution in [-0.4, -0.2) is 16.1 Å². The Morgan fingerprint density at radius 2 is 1.83 bits per heavy atom. The largest absolute Gasteiger partial charge is 0.481 e. The van der Waals surface area contributed by atoms with E-state index in [2.05, 4.69) is 4.98 Å². The van der Waals surface area contributed by atoms with Crippen molar-refractivity contribution in [2.45, 2.75) is 51.4 Å². The van der Waals surface area contributed by atoms with Gasteiger partial charge >= 0.3 is 5.97 Å². The number of aliphatic carboxylic acids is 1. The third-order valence-electron chi connectivity index (χ3n) is 4.01. The van der Waals surface area contributed by atoms with Gasteiger partial charge in [-0.1, -0.05) is 38.2 Å². The Morgan fingerprint density at radius 1 is 1.17 bits per heavy atom. The van der Waals surface area contributed by atoms with Crippen LogP contribution in [0.1, 0.15) is 50.6 Å². The third-order valence-corrected chi connectivity index (χ3v) is 4.01. The summed E-state index contributed by atoms with van der Waals surface area (Å²) in [5, 5.41) is 9.64. The van der Waals surface area contributed by atoms with E-state index in [-0.39, 0.29) is 0 Å². The maximum Gasteiger partial charge on any atom is 0.310 e. The first-order chi connectivity index (χ1) is 8.73. The van der Waals surface area contributed by atoms with Gasteiger partial charge in [0.1, 0.15) is 0 Å². The fraction of sp³-hybridized carbons (Fsp3) is 0.600. The first-order valence-electron chi connectivity index (χ1n) is 6.86. The molecule has 0 amide bonds. The summed E-state index contributed by atoms with van der Waals surface area (Å²) >= 11 is 0. The first kappa shape index (κ1) is 13.1. The zero-order chi connectivity index (χ0) is 12.8. The van der Waals surface area contributed by atoms with Crippen LogP contribution in [0.15, 0.2) is 24.4 Å². The van der Waals surface area contributed by atoms with Gasteiger partial charge in [0.2, 0.25) is 0 Å². The van der Waals surface area contributed by atoms with Crippen molar-refractivity contribution < 1.29 is 9.90 Å². The number of carboxylic acid groups (broad SMARTS) is 1. The van der Waals surface area contributed by atoms with E-state index in [1.165, 1.54) is 6.42 Å². The summed E-state index contributed by atoms with van der Waals surface area (Å²) in [5.74, 6) is -0.643. The lowest BCUT2D eigenvalue weighted by atomic mass is 9.73. The number of hydrogen-bond acceptors (Lipinski definition) is 2. The second-order valence-corrected chi connectivity index (χ2v) is 5.35. The second-order valence-electron chi connectivity index (χ2n) is 5.35. The van der Waals surface area contributed by atoms with Crippen molar-refractivity contribution in [1.29, 1.82) is 0 Å². The molecule has 1 heterocycles. The smallest absolute Gasteiger partial charge is 0.310 e. The fourth-order valence-corrected chi connectivity index (χ4v) is 2.90. The number of pyridine rings is 1. The minimum Gasteiger partial charge on any atom is -0.481 e. The summed E-state index contributed by atoms with van der Waals surface area (Å²) in [6.07, 6.45) is 9.53. The van der Waals surface area contributed by atoms with Gasteiger partial charge in [-0.3, -0.25) is 9.78 Å². The quantitative estimate of drug-likeness (QED) is 0.890. The van der Waals surface area contributed by atoms with E-state index in [1.54, 1.807) is 6.20 Å². The van der Waals surface area contributed by atoms with E-state index in [9.17, 15) is 9.90 Å². The van der Waals surface area contributed by atoms with Crippen LogP contribution in [0.5, 0.6) is 0 Å². The van der Waals surface area contributed by atoms with E-state index >= 15 is 0 Å². The number of nitrogens with zero attached hydrogens (tertiary/aromatic N) is 1. The molecule has 0 bridgehead atoms. The van der Waals surface area contributed by atoms with Crippen molar-refractivity contribution in [2.75, 3.05) is 0 Å². The highest BCUT2D eigenvalue weighted by molar-refractivity contribution is 5.75.